The SMILES string of the molecule is CCc1cc(CC)cc(-c2cc(-c3ccccc3)c3ccc4c(-c5ccccc5)cc(-c5cc(CC)cc(CC)c5)nc4c3n2)c1. The predicted octanol–water partition coefficient (Wildman–Crippen LogP) is 11.7. The lowest BCUT2D eigenvalue weighted by Gasteiger charge is -2.16. The van der Waals surface area contributed by atoms with Crippen molar-refractivity contribution in [2.45, 2.75) is 53.4 Å². The molecule has 5 aromatic carbocycles. The van der Waals surface area contributed by atoms with Gasteiger partial charge in [-0.2, -0.15) is 0 Å². The van der Waals surface area contributed by atoms with Crippen molar-refractivity contribution < 1.29 is 0 Å². The molecule has 0 N–H and O–H groups in total. The third kappa shape index (κ3) is 5.61. The Labute approximate surface area is 272 Å². The van der Waals surface area contributed by atoms with Crippen LogP contribution in [0.5, 0.6) is 0 Å². The molecule has 2 heteroatoms. The predicted molar refractivity (Wildman–Crippen MR) is 196 cm³/mol. The van der Waals surface area contributed by atoms with Gasteiger partial charge in [0.05, 0.1) is 22.4 Å². The zero-order chi connectivity index (χ0) is 31.6. The summed E-state index contributed by atoms with van der Waals surface area (Å²) >= 11 is 0. The molecule has 0 amide bonds. The molecule has 0 unspecified atom stereocenters. The highest BCUT2D eigenvalue weighted by molar-refractivity contribution is 6.13. The average molecular weight is 597 g/mol. The molecule has 0 radical (unpaired) electrons. The average Bonchev–Trinajstić information content (AvgIpc) is 3.13. The zero-order valence-electron chi connectivity index (χ0n) is 27.3. The Balaban J connectivity index is 1.60. The largest absolute Gasteiger partial charge is 0.245 e. The minimum atomic E-state index is 0.940. The molecular formula is C44H40N2. The summed E-state index contributed by atoms with van der Waals surface area (Å²) in [6.07, 6.45) is 3.96. The van der Waals surface area contributed by atoms with Gasteiger partial charge in [0.15, 0.2) is 0 Å². The minimum absolute atomic E-state index is 0.940. The summed E-state index contributed by atoms with van der Waals surface area (Å²) in [5.74, 6) is 0. The Bertz CT molecular complexity index is 1980. The van der Waals surface area contributed by atoms with Crippen LogP contribution >= 0.6 is 0 Å². The molecule has 2 aromatic heterocycles. The molecule has 0 bridgehead atoms. The number of fused-ring (bicyclic) bond motifs is 3. The third-order valence-electron chi connectivity index (χ3n) is 9.26. The maximum absolute atomic E-state index is 5.49. The van der Waals surface area contributed by atoms with Gasteiger partial charge in [0.25, 0.3) is 0 Å². The molecule has 0 spiro atoms. The molecule has 0 fully saturated rings. The van der Waals surface area contributed by atoms with Gasteiger partial charge < -0.3 is 0 Å². The van der Waals surface area contributed by atoms with E-state index in [1.807, 2.05) is 0 Å². The molecule has 0 saturated carbocycles. The minimum Gasteiger partial charge on any atom is -0.245 e. The van der Waals surface area contributed by atoms with Crippen LogP contribution in [0.1, 0.15) is 49.9 Å². The second-order valence-corrected chi connectivity index (χ2v) is 12.2. The molecule has 0 aliphatic rings. The van der Waals surface area contributed by atoms with Crippen LogP contribution < -0.4 is 0 Å². The molecule has 0 atom stereocenters. The lowest BCUT2D eigenvalue weighted by molar-refractivity contribution is 1.09. The van der Waals surface area contributed by atoms with E-state index in [0.29, 0.717) is 0 Å². The first-order valence-electron chi connectivity index (χ1n) is 16.7. The summed E-state index contributed by atoms with van der Waals surface area (Å²) in [7, 11) is 0. The van der Waals surface area contributed by atoms with Crippen LogP contribution in [0.2, 0.25) is 0 Å². The van der Waals surface area contributed by atoms with Crippen molar-refractivity contribution in [3.63, 3.8) is 0 Å². The van der Waals surface area contributed by atoms with Crippen molar-refractivity contribution in [1.29, 1.82) is 0 Å². The molecule has 0 aliphatic heterocycles. The van der Waals surface area contributed by atoms with Crippen LogP contribution in [0.4, 0.5) is 0 Å². The van der Waals surface area contributed by atoms with Crippen LogP contribution in [0.15, 0.2) is 121 Å². The topological polar surface area (TPSA) is 25.8 Å². The summed E-state index contributed by atoms with van der Waals surface area (Å²) in [5.41, 5.74) is 16.2. The molecule has 2 heterocycles. The van der Waals surface area contributed by atoms with Crippen molar-refractivity contribution in [1.82, 2.24) is 9.97 Å². The second-order valence-electron chi connectivity index (χ2n) is 12.2. The summed E-state index contributed by atoms with van der Waals surface area (Å²) in [4.78, 5) is 11.0. The lowest BCUT2D eigenvalue weighted by Crippen LogP contribution is -1.97. The van der Waals surface area contributed by atoms with Crippen LogP contribution in [0.3, 0.4) is 0 Å². The standard InChI is InChI=1S/C44H40N2/c1-5-29-21-30(6-2)24-35(23-29)41-27-39(33-15-11-9-12-16-33)37-19-20-38-40(34-17-13-10-14-18-34)28-42(46-44(38)43(37)45-41)36-25-31(7-3)22-32(8-4)26-36/h9-28H,5-8H2,1-4H3. The van der Waals surface area contributed by atoms with E-state index in [9.17, 15) is 0 Å². The van der Waals surface area contributed by atoms with Gasteiger partial charge in [0.1, 0.15) is 0 Å². The monoisotopic (exact) mass is 596 g/mol. The number of aromatic nitrogens is 2. The van der Waals surface area contributed by atoms with Crippen LogP contribution in [-0.4, -0.2) is 9.97 Å². The van der Waals surface area contributed by atoms with Crippen molar-refractivity contribution in [3.8, 4) is 44.8 Å². The molecule has 7 aromatic rings. The van der Waals surface area contributed by atoms with E-state index in [-0.39, 0.29) is 0 Å². The maximum Gasteiger partial charge on any atom is 0.0978 e. The molecule has 7 rings (SSSR count). The van der Waals surface area contributed by atoms with Gasteiger partial charge in [0.2, 0.25) is 0 Å². The van der Waals surface area contributed by atoms with Gasteiger partial charge in [0, 0.05) is 21.9 Å². The Morgan fingerprint density at radius 1 is 0.370 bits per heavy atom. The first-order chi connectivity index (χ1) is 22.6. The lowest BCUT2D eigenvalue weighted by atomic mass is 9.92. The molecule has 0 aliphatic carbocycles. The van der Waals surface area contributed by atoms with E-state index in [1.165, 1.54) is 44.5 Å². The van der Waals surface area contributed by atoms with Crippen molar-refractivity contribution in [2.75, 3.05) is 0 Å². The van der Waals surface area contributed by atoms with E-state index in [4.69, 9.17) is 9.97 Å². The number of hydrogen-bond acceptors (Lipinski definition) is 2. The van der Waals surface area contributed by atoms with E-state index < -0.39 is 0 Å². The van der Waals surface area contributed by atoms with E-state index >= 15 is 0 Å². The van der Waals surface area contributed by atoms with Gasteiger partial charge in [-0.25, -0.2) is 9.97 Å². The van der Waals surface area contributed by atoms with Crippen LogP contribution in [0.25, 0.3) is 66.6 Å². The Morgan fingerprint density at radius 2 is 0.717 bits per heavy atom. The van der Waals surface area contributed by atoms with Gasteiger partial charge >= 0.3 is 0 Å². The second kappa shape index (κ2) is 12.7. The van der Waals surface area contributed by atoms with E-state index in [2.05, 4.69) is 149 Å². The van der Waals surface area contributed by atoms with E-state index in [0.717, 1.165) is 70.0 Å². The molecule has 226 valence electrons. The third-order valence-corrected chi connectivity index (χ3v) is 9.26. The molecule has 0 saturated heterocycles. The maximum atomic E-state index is 5.49. The zero-order valence-corrected chi connectivity index (χ0v) is 27.3. The summed E-state index contributed by atoms with van der Waals surface area (Å²) in [6, 6.07) is 44.4. The Kier molecular flexibility index (Phi) is 8.20. The van der Waals surface area contributed by atoms with Crippen LogP contribution in [-0.2, 0) is 25.7 Å². The first-order valence-corrected chi connectivity index (χ1v) is 16.7. The summed E-state index contributed by atoms with van der Waals surface area (Å²) < 4.78 is 0. The van der Waals surface area contributed by atoms with Crippen molar-refractivity contribution >= 4 is 21.8 Å². The van der Waals surface area contributed by atoms with Crippen LogP contribution in [0, 0.1) is 0 Å². The number of hydrogen-bond donors (Lipinski definition) is 0. The normalized spacial score (nSPS) is 11.4. The first kappa shape index (κ1) is 29.6. The fourth-order valence-corrected chi connectivity index (χ4v) is 6.62. The number of rotatable bonds is 8. The number of aryl methyl sites for hydroxylation is 4. The Hall–Kier alpha value is -5.08. The van der Waals surface area contributed by atoms with Gasteiger partial charge in [-0.1, -0.05) is 113 Å². The summed E-state index contributed by atoms with van der Waals surface area (Å²) in [6.45, 7) is 8.90. The van der Waals surface area contributed by atoms with Gasteiger partial charge in [-0.15, -0.1) is 0 Å². The quantitative estimate of drug-likeness (QED) is 0.163. The Morgan fingerprint density at radius 3 is 1.04 bits per heavy atom. The number of benzene rings is 5. The highest BCUT2D eigenvalue weighted by Crippen LogP contribution is 2.40. The fraction of sp³-hybridized carbons (Fsp3) is 0.182. The van der Waals surface area contributed by atoms with E-state index in [1.54, 1.807) is 0 Å². The fourth-order valence-electron chi connectivity index (χ4n) is 6.62. The molecule has 46 heavy (non-hydrogen) atoms. The highest BCUT2D eigenvalue weighted by Gasteiger charge is 2.18. The summed E-state index contributed by atoms with van der Waals surface area (Å²) in [5, 5.41) is 2.23. The molecular weight excluding hydrogens is 556 g/mol. The highest BCUT2D eigenvalue weighted by atomic mass is 14.8. The van der Waals surface area contributed by atoms with Gasteiger partial charge in [-0.3, -0.25) is 0 Å². The smallest absolute Gasteiger partial charge is 0.0978 e. The number of pyridine rings is 2. The number of nitrogens with zero attached hydrogens (tertiary/aromatic N) is 2. The van der Waals surface area contributed by atoms with Gasteiger partial charge in [-0.05, 0) is 107 Å². The van der Waals surface area contributed by atoms with Crippen molar-refractivity contribution in [2.24, 2.45) is 0 Å². The van der Waals surface area contributed by atoms with Crippen molar-refractivity contribution in [3.05, 3.63) is 144 Å². The molecule has 2 nitrogen and oxygen atoms in total.